The van der Waals surface area contributed by atoms with E-state index < -0.39 is 27.0 Å². The smallest absolute Gasteiger partial charge is 0.334 e. The summed E-state index contributed by atoms with van der Waals surface area (Å²) in [5, 5.41) is -1.92. The molecule has 0 fully saturated rings. The van der Waals surface area contributed by atoms with Crippen LogP contribution in [0, 0.1) is 0 Å². The average Bonchev–Trinajstić information content (AvgIpc) is 2.16. The van der Waals surface area contributed by atoms with Crippen molar-refractivity contribution in [2.75, 3.05) is 19.5 Å². The molecule has 0 aromatic heterocycles. The molecule has 0 aliphatic carbocycles. The number of nitrogens with one attached hydrogen (secondary N) is 1. The molecule has 0 heterocycles. The van der Waals surface area contributed by atoms with Crippen LogP contribution >= 0.6 is 0 Å². The van der Waals surface area contributed by atoms with Crippen molar-refractivity contribution >= 4 is 21.7 Å². The lowest BCUT2D eigenvalue weighted by atomic mass is 10.4. The van der Waals surface area contributed by atoms with E-state index >= 15 is 0 Å². The Hall–Kier alpha value is -1.41. The fourth-order valence-electron chi connectivity index (χ4n) is 0.919. The standard InChI is InChI=1S/C9H15NO6S/c1-4-6-16-10-8(11)7(17(3,13)14)9(12)15-5-2/h4,7H,1,5-6H2,2-3H3,(H,10,11). The summed E-state index contributed by atoms with van der Waals surface area (Å²) in [6, 6.07) is 0. The second-order valence-electron chi connectivity index (χ2n) is 3.03. The van der Waals surface area contributed by atoms with Gasteiger partial charge in [0.2, 0.25) is 5.25 Å². The summed E-state index contributed by atoms with van der Waals surface area (Å²) in [7, 11) is -3.92. The lowest BCUT2D eigenvalue weighted by molar-refractivity contribution is -0.148. The normalized spacial score (nSPS) is 12.6. The van der Waals surface area contributed by atoms with Crippen molar-refractivity contribution in [3.05, 3.63) is 12.7 Å². The molecular weight excluding hydrogens is 250 g/mol. The van der Waals surface area contributed by atoms with E-state index in [1.54, 1.807) is 0 Å². The van der Waals surface area contributed by atoms with Crippen molar-refractivity contribution in [1.29, 1.82) is 0 Å². The highest BCUT2D eigenvalue weighted by atomic mass is 32.2. The van der Waals surface area contributed by atoms with Crippen molar-refractivity contribution < 1.29 is 27.6 Å². The summed E-state index contributed by atoms with van der Waals surface area (Å²) in [4.78, 5) is 27.3. The second-order valence-corrected chi connectivity index (χ2v) is 5.16. The SMILES string of the molecule is C=CCONC(=O)C(C(=O)OCC)S(C)(=O)=O. The van der Waals surface area contributed by atoms with Gasteiger partial charge in [-0.25, -0.2) is 13.9 Å². The molecule has 8 heteroatoms. The van der Waals surface area contributed by atoms with Gasteiger partial charge in [0, 0.05) is 6.26 Å². The topological polar surface area (TPSA) is 98.8 Å². The number of ether oxygens (including phenoxy) is 1. The molecule has 0 aliphatic rings. The van der Waals surface area contributed by atoms with Gasteiger partial charge in [0.05, 0.1) is 13.2 Å². The number of hydrogen-bond acceptors (Lipinski definition) is 6. The molecule has 1 N–H and O–H groups in total. The lowest BCUT2D eigenvalue weighted by Gasteiger charge is -2.13. The van der Waals surface area contributed by atoms with Gasteiger partial charge < -0.3 is 4.74 Å². The maximum absolute atomic E-state index is 11.4. The number of amides is 1. The molecule has 1 unspecified atom stereocenters. The number of hydroxylamine groups is 1. The predicted octanol–water partition coefficient (Wildman–Crippen LogP) is -0.803. The number of hydrogen-bond donors (Lipinski definition) is 1. The largest absolute Gasteiger partial charge is 0.465 e. The predicted molar refractivity (Wildman–Crippen MR) is 59.6 cm³/mol. The van der Waals surface area contributed by atoms with Crippen LogP contribution in [0.4, 0.5) is 0 Å². The molecule has 17 heavy (non-hydrogen) atoms. The van der Waals surface area contributed by atoms with E-state index in [-0.39, 0.29) is 13.2 Å². The quantitative estimate of drug-likeness (QED) is 0.213. The number of sulfone groups is 1. The van der Waals surface area contributed by atoms with Crippen LogP contribution in [0.2, 0.25) is 0 Å². The number of rotatable bonds is 7. The van der Waals surface area contributed by atoms with Gasteiger partial charge in [0.1, 0.15) is 0 Å². The van der Waals surface area contributed by atoms with Crippen LogP contribution in [0.3, 0.4) is 0 Å². The first kappa shape index (κ1) is 15.6. The maximum Gasteiger partial charge on any atom is 0.334 e. The minimum Gasteiger partial charge on any atom is -0.465 e. The number of esters is 1. The molecule has 0 aromatic rings. The molecule has 0 radical (unpaired) electrons. The van der Waals surface area contributed by atoms with E-state index in [1.807, 2.05) is 5.48 Å². The first-order valence-corrected chi connectivity index (χ1v) is 6.68. The zero-order valence-corrected chi connectivity index (χ0v) is 10.5. The fraction of sp³-hybridized carbons (Fsp3) is 0.556. The van der Waals surface area contributed by atoms with Crippen molar-refractivity contribution in [2.45, 2.75) is 12.2 Å². The highest BCUT2D eigenvalue weighted by Gasteiger charge is 2.37. The molecule has 0 saturated carbocycles. The second kappa shape index (κ2) is 7.02. The summed E-state index contributed by atoms with van der Waals surface area (Å²) in [6.07, 6.45) is 2.11. The Kier molecular flexibility index (Phi) is 6.44. The minimum atomic E-state index is -3.92. The van der Waals surface area contributed by atoms with Gasteiger partial charge in [-0.05, 0) is 6.92 Å². The summed E-state index contributed by atoms with van der Waals surface area (Å²) < 4.78 is 27.1. The summed E-state index contributed by atoms with van der Waals surface area (Å²) in [6.45, 7) is 4.80. The van der Waals surface area contributed by atoms with Crippen molar-refractivity contribution in [3.63, 3.8) is 0 Å². The van der Waals surface area contributed by atoms with E-state index in [4.69, 9.17) is 0 Å². The van der Waals surface area contributed by atoms with Gasteiger partial charge in [0.15, 0.2) is 9.84 Å². The maximum atomic E-state index is 11.4. The highest BCUT2D eigenvalue weighted by molar-refractivity contribution is 7.92. The van der Waals surface area contributed by atoms with Gasteiger partial charge in [-0.2, -0.15) is 0 Å². The van der Waals surface area contributed by atoms with Crippen LogP contribution in [0.25, 0.3) is 0 Å². The molecule has 0 spiro atoms. The van der Waals surface area contributed by atoms with Crippen molar-refractivity contribution in [3.8, 4) is 0 Å². The molecule has 0 aromatic carbocycles. The number of carbonyl (C=O) groups excluding carboxylic acids is 2. The van der Waals surface area contributed by atoms with Crippen LogP contribution in [0.15, 0.2) is 12.7 Å². The summed E-state index contributed by atoms with van der Waals surface area (Å²) >= 11 is 0. The van der Waals surface area contributed by atoms with Gasteiger partial charge in [-0.3, -0.25) is 14.4 Å². The van der Waals surface area contributed by atoms with E-state index in [1.165, 1.54) is 13.0 Å². The average molecular weight is 265 g/mol. The zero-order chi connectivity index (χ0) is 13.5. The monoisotopic (exact) mass is 265 g/mol. The first-order valence-electron chi connectivity index (χ1n) is 4.72. The molecule has 0 aliphatic heterocycles. The van der Waals surface area contributed by atoms with E-state index in [0.717, 1.165) is 6.26 Å². The molecule has 1 atom stereocenters. The van der Waals surface area contributed by atoms with Crippen molar-refractivity contribution in [2.24, 2.45) is 0 Å². The minimum absolute atomic E-state index is 0.00888. The third-order valence-electron chi connectivity index (χ3n) is 1.54. The summed E-state index contributed by atoms with van der Waals surface area (Å²) in [5.74, 6) is -2.22. The zero-order valence-electron chi connectivity index (χ0n) is 9.63. The lowest BCUT2D eigenvalue weighted by Crippen LogP contribution is -2.45. The van der Waals surface area contributed by atoms with E-state index in [2.05, 4.69) is 16.2 Å². The Bertz CT molecular complexity index is 388. The van der Waals surface area contributed by atoms with Gasteiger partial charge >= 0.3 is 5.97 Å². The van der Waals surface area contributed by atoms with Crippen LogP contribution in [0.1, 0.15) is 6.92 Å². The Labute approximate surface area is 99.6 Å². The third-order valence-corrected chi connectivity index (χ3v) is 2.80. The van der Waals surface area contributed by atoms with Gasteiger partial charge in [0.25, 0.3) is 5.91 Å². The fourth-order valence-corrected chi connectivity index (χ4v) is 1.77. The van der Waals surface area contributed by atoms with E-state index in [9.17, 15) is 18.0 Å². The van der Waals surface area contributed by atoms with Crippen molar-refractivity contribution in [1.82, 2.24) is 5.48 Å². The van der Waals surface area contributed by atoms with Crippen LogP contribution in [-0.4, -0.2) is 45.0 Å². The summed E-state index contributed by atoms with van der Waals surface area (Å²) in [5.41, 5.74) is 1.84. The highest BCUT2D eigenvalue weighted by Crippen LogP contribution is 2.03. The van der Waals surface area contributed by atoms with E-state index in [0.29, 0.717) is 0 Å². The number of carbonyl (C=O) groups is 2. The van der Waals surface area contributed by atoms with Crippen LogP contribution in [-0.2, 0) is 29.0 Å². The van der Waals surface area contributed by atoms with Crippen LogP contribution < -0.4 is 5.48 Å². The molecule has 0 bridgehead atoms. The van der Waals surface area contributed by atoms with Gasteiger partial charge in [-0.1, -0.05) is 6.08 Å². The molecule has 98 valence electrons. The molecule has 1 amide bonds. The van der Waals surface area contributed by atoms with Crippen LogP contribution in [0.5, 0.6) is 0 Å². The molecule has 0 rings (SSSR count). The Balaban J connectivity index is 4.76. The first-order chi connectivity index (χ1) is 7.84. The Morgan fingerprint density at radius 3 is 2.47 bits per heavy atom. The van der Waals surface area contributed by atoms with Gasteiger partial charge in [-0.15, -0.1) is 6.58 Å². The third kappa shape index (κ3) is 5.45. The Morgan fingerprint density at radius 2 is 2.06 bits per heavy atom. The molecule has 7 nitrogen and oxygen atoms in total. The molecular formula is C9H15NO6S. The molecule has 0 saturated heterocycles. The Morgan fingerprint density at radius 1 is 1.47 bits per heavy atom.